The predicted octanol–water partition coefficient (Wildman–Crippen LogP) is 6.90. The van der Waals surface area contributed by atoms with Crippen molar-refractivity contribution in [2.75, 3.05) is 44.4 Å². The molecule has 1 atom stereocenters. The number of rotatable bonds is 7. The van der Waals surface area contributed by atoms with Gasteiger partial charge in [0.2, 0.25) is 0 Å². The molecule has 0 radical (unpaired) electrons. The van der Waals surface area contributed by atoms with Crippen molar-refractivity contribution in [1.29, 1.82) is 0 Å². The van der Waals surface area contributed by atoms with Crippen LogP contribution in [-0.4, -0.2) is 72.0 Å². The molecule has 1 saturated carbocycles. The molecular weight excluding hydrogens is 627 g/mol. The van der Waals surface area contributed by atoms with Crippen molar-refractivity contribution in [2.24, 2.45) is 4.36 Å². The molecule has 1 unspecified atom stereocenters. The van der Waals surface area contributed by atoms with E-state index in [0.717, 1.165) is 66.7 Å². The van der Waals surface area contributed by atoms with E-state index in [-0.39, 0.29) is 10.9 Å². The smallest absolute Gasteiger partial charge is 0.269 e. The van der Waals surface area contributed by atoms with Gasteiger partial charge in [-0.2, -0.15) is 0 Å². The molecule has 3 heterocycles. The van der Waals surface area contributed by atoms with Crippen LogP contribution in [0.4, 0.5) is 5.69 Å². The molecule has 2 fully saturated rings. The molecular formula is C37H41N5O3S2. The van der Waals surface area contributed by atoms with E-state index >= 15 is 0 Å². The number of likely N-dealkylation sites (N-methyl/N-ethyl adjacent to an activating group) is 1. The summed E-state index contributed by atoms with van der Waals surface area (Å²) in [7, 11) is -4.29. The fourth-order valence-electron chi connectivity index (χ4n) is 6.67. The molecule has 2 aliphatic rings. The largest absolute Gasteiger partial charge is 0.369 e. The Kier molecular flexibility index (Phi) is 8.01. The van der Waals surface area contributed by atoms with Gasteiger partial charge in [0.1, 0.15) is 0 Å². The SMILES string of the molecule is Cc1ccccc1S(=O)(=O)n1cc(-c2ccc(S(C)(=O)=NC3CC3)cc2)c2cc(-c3cc(C)c(N4CCN(C)CC4)c(C)c3)cnc21. The van der Waals surface area contributed by atoms with Crippen LogP contribution in [0.15, 0.2) is 93.3 Å². The summed E-state index contributed by atoms with van der Waals surface area (Å²) < 4.78 is 47.5. The van der Waals surface area contributed by atoms with Crippen molar-refractivity contribution < 1.29 is 12.6 Å². The Balaban J connectivity index is 1.36. The standard InChI is InChI=1S/C37H41N5O3S2/c1-25-8-6-7-9-35(25)47(44,45)42-24-34(28-10-14-32(15-11-28)46(5,43)39-31-12-13-31)33-22-30(23-38-37(33)42)29-20-26(2)36(27(3)21-29)41-18-16-40(4)17-19-41/h6-11,14-15,20-24,31H,12-13,16-19H2,1-5H3. The van der Waals surface area contributed by atoms with Crippen LogP contribution in [0.3, 0.4) is 0 Å². The van der Waals surface area contributed by atoms with Gasteiger partial charge in [-0.1, -0.05) is 30.3 Å². The van der Waals surface area contributed by atoms with Crippen molar-refractivity contribution >= 4 is 36.5 Å². The van der Waals surface area contributed by atoms with Gasteiger partial charge in [-0.15, -0.1) is 0 Å². The van der Waals surface area contributed by atoms with E-state index in [4.69, 9.17) is 4.98 Å². The van der Waals surface area contributed by atoms with Gasteiger partial charge in [-0.3, -0.25) is 0 Å². The van der Waals surface area contributed by atoms with E-state index in [0.29, 0.717) is 16.1 Å². The first-order valence-corrected chi connectivity index (χ1v) is 19.5. The zero-order chi connectivity index (χ0) is 33.1. The minimum atomic E-state index is -3.95. The normalized spacial score (nSPS) is 17.2. The van der Waals surface area contributed by atoms with Gasteiger partial charge in [0.15, 0.2) is 5.65 Å². The van der Waals surface area contributed by atoms with Crippen molar-refractivity contribution in [3.63, 3.8) is 0 Å². The molecule has 8 nitrogen and oxygen atoms in total. The molecule has 10 heteroatoms. The lowest BCUT2D eigenvalue weighted by atomic mass is 9.97. The van der Waals surface area contributed by atoms with Crippen LogP contribution < -0.4 is 4.90 Å². The number of benzene rings is 3. The van der Waals surface area contributed by atoms with Gasteiger partial charge < -0.3 is 9.80 Å². The zero-order valence-corrected chi connectivity index (χ0v) is 29.2. The Morgan fingerprint density at radius 3 is 2.09 bits per heavy atom. The highest BCUT2D eigenvalue weighted by atomic mass is 32.2. The molecule has 3 aromatic carbocycles. The second-order valence-electron chi connectivity index (χ2n) is 13.1. The molecule has 0 amide bonds. The van der Waals surface area contributed by atoms with Crippen LogP contribution in [-0.2, 0) is 19.8 Å². The van der Waals surface area contributed by atoms with Crippen LogP contribution in [0.2, 0.25) is 0 Å². The first-order chi connectivity index (χ1) is 22.4. The van der Waals surface area contributed by atoms with Crippen molar-refractivity contribution in [3.05, 3.63) is 95.8 Å². The molecule has 0 bridgehead atoms. The minimum absolute atomic E-state index is 0.184. The number of hydrogen-bond donors (Lipinski definition) is 0. The monoisotopic (exact) mass is 667 g/mol. The number of aryl methyl sites for hydroxylation is 3. The molecule has 0 N–H and O–H groups in total. The van der Waals surface area contributed by atoms with Gasteiger partial charge in [-0.05, 0) is 105 Å². The van der Waals surface area contributed by atoms with E-state index in [9.17, 15) is 12.6 Å². The third-order valence-electron chi connectivity index (χ3n) is 9.39. The molecule has 1 aliphatic carbocycles. The molecule has 5 aromatic rings. The summed E-state index contributed by atoms with van der Waals surface area (Å²) in [5.74, 6) is 0. The highest BCUT2D eigenvalue weighted by molar-refractivity contribution is 7.93. The van der Waals surface area contributed by atoms with E-state index in [1.165, 1.54) is 20.8 Å². The first-order valence-electron chi connectivity index (χ1n) is 16.1. The number of fused-ring (bicyclic) bond motifs is 1. The van der Waals surface area contributed by atoms with Crippen LogP contribution in [0.1, 0.15) is 29.5 Å². The number of aromatic nitrogens is 2. The van der Waals surface area contributed by atoms with E-state index in [1.807, 2.05) is 36.4 Å². The molecule has 0 spiro atoms. The molecule has 1 aliphatic heterocycles. The van der Waals surface area contributed by atoms with Crippen LogP contribution in [0.25, 0.3) is 33.3 Å². The zero-order valence-electron chi connectivity index (χ0n) is 27.6. The number of anilines is 1. The first kappa shape index (κ1) is 31.6. The fourth-order valence-corrected chi connectivity index (χ4v) is 9.76. The van der Waals surface area contributed by atoms with Gasteiger partial charge in [0.25, 0.3) is 10.0 Å². The molecule has 47 heavy (non-hydrogen) atoms. The Bertz CT molecular complexity index is 2210. The number of nitrogens with zero attached hydrogens (tertiary/aromatic N) is 5. The maximum Gasteiger partial charge on any atom is 0.269 e. The number of hydrogen-bond acceptors (Lipinski definition) is 7. The predicted molar refractivity (Wildman–Crippen MR) is 191 cm³/mol. The third kappa shape index (κ3) is 5.98. The van der Waals surface area contributed by atoms with E-state index in [2.05, 4.69) is 47.2 Å². The lowest BCUT2D eigenvalue weighted by Gasteiger charge is -2.36. The van der Waals surface area contributed by atoms with Crippen LogP contribution in [0.5, 0.6) is 0 Å². The summed E-state index contributed by atoms with van der Waals surface area (Å²) in [5, 5.41) is 0.728. The highest BCUT2D eigenvalue weighted by Gasteiger charge is 2.26. The van der Waals surface area contributed by atoms with E-state index < -0.39 is 19.8 Å². The van der Waals surface area contributed by atoms with Gasteiger partial charge in [-0.25, -0.2) is 25.9 Å². The number of pyridine rings is 1. The highest BCUT2D eigenvalue weighted by Crippen LogP contribution is 2.38. The summed E-state index contributed by atoms with van der Waals surface area (Å²) in [5.41, 5.74) is 8.24. The lowest BCUT2D eigenvalue weighted by Crippen LogP contribution is -2.45. The molecule has 7 rings (SSSR count). The number of piperazine rings is 1. The van der Waals surface area contributed by atoms with Crippen LogP contribution >= 0.6 is 0 Å². The Hall–Kier alpha value is -3.99. The summed E-state index contributed by atoms with van der Waals surface area (Å²) in [6.45, 7) is 10.2. The fraction of sp³-hybridized carbons (Fsp3) is 0.324. The van der Waals surface area contributed by atoms with E-state index in [1.54, 1.807) is 43.8 Å². The Morgan fingerprint density at radius 2 is 1.45 bits per heavy atom. The molecule has 244 valence electrons. The Morgan fingerprint density at radius 1 is 0.787 bits per heavy atom. The van der Waals surface area contributed by atoms with Gasteiger partial charge in [0.05, 0.1) is 20.7 Å². The maximum absolute atomic E-state index is 14.1. The Labute approximate surface area is 278 Å². The van der Waals surface area contributed by atoms with Gasteiger partial charge >= 0.3 is 0 Å². The quantitative estimate of drug-likeness (QED) is 0.188. The lowest BCUT2D eigenvalue weighted by molar-refractivity contribution is 0.312. The molecule has 1 saturated heterocycles. The second-order valence-corrected chi connectivity index (χ2v) is 17.2. The average molecular weight is 668 g/mol. The van der Waals surface area contributed by atoms with Crippen molar-refractivity contribution in [1.82, 2.24) is 13.9 Å². The van der Waals surface area contributed by atoms with Crippen molar-refractivity contribution in [2.45, 2.75) is 49.4 Å². The second kappa shape index (κ2) is 11.9. The van der Waals surface area contributed by atoms with Crippen LogP contribution in [0, 0.1) is 20.8 Å². The third-order valence-corrected chi connectivity index (χ3v) is 13.0. The minimum Gasteiger partial charge on any atom is -0.369 e. The van der Waals surface area contributed by atoms with Crippen molar-refractivity contribution in [3.8, 4) is 22.3 Å². The summed E-state index contributed by atoms with van der Waals surface area (Å²) >= 11 is 0. The summed E-state index contributed by atoms with van der Waals surface area (Å²) in [6, 6.07) is 21.2. The maximum atomic E-state index is 14.1. The average Bonchev–Trinajstić information content (AvgIpc) is 3.76. The summed E-state index contributed by atoms with van der Waals surface area (Å²) in [4.78, 5) is 10.6. The summed E-state index contributed by atoms with van der Waals surface area (Å²) in [6.07, 6.45) is 7.11. The van der Waals surface area contributed by atoms with Gasteiger partial charge in [0, 0.05) is 71.9 Å². The topological polar surface area (TPSA) is 87.9 Å². The molecule has 2 aromatic heterocycles.